The summed E-state index contributed by atoms with van der Waals surface area (Å²) in [5.41, 5.74) is 9.90. The maximum Gasteiger partial charge on any atom is 0.216 e. The second-order valence-electron chi connectivity index (χ2n) is 10.3. The van der Waals surface area contributed by atoms with Gasteiger partial charge in [0.1, 0.15) is 0 Å². The number of hydrogen-bond acceptors (Lipinski definition) is 5. The van der Waals surface area contributed by atoms with Crippen molar-refractivity contribution in [1.82, 2.24) is 24.5 Å². The van der Waals surface area contributed by atoms with Crippen LogP contribution >= 0.6 is 0 Å². The monoisotopic (exact) mass is 750 g/mol. The molecule has 5 heterocycles. The van der Waals surface area contributed by atoms with Crippen LogP contribution in [-0.2, 0) is 20.1 Å². The summed E-state index contributed by atoms with van der Waals surface area (Å²) >= 11 is 0. The summed E-state index contributed by atoms with van der Waals surface area (Å²) in [5, 5.41) is 2.00. The minimum absolute atomic E-state index is 0. The van der Waals surface area contributed by atoms with Crippen molar-refractivity contribution >= 4 is 33.1 Å². The van der Waals surface area contributed by atoms with Crippen molar-refractivity contribution in [2.24, 2.45) is 0 Å². The standard InChI is InChI=1S/C26H19N4O.C11H8N.Ir/c1-15-12-13-20-19-10-7-11-21(24(19)31-26(20)28-15)25-29-22-14-16(2)27-17(3)23(22)30(25)18-8-5-4-6-9-18;1-2-6-10(7-3-1)11-8-4-5-9-12-11;/h4-10,12-14H,1-3H3;1-6,8-9H;/q2*-1;. The Kier molecular flexibility index (Phi) is 8.16. The van der Waals surface area contributed by atoms with E-state index in [4.69, 9.17) is 14.4 Å². The van der Waals surface area contributed by atoms with Gasteiger partial charge in [-0.25, -0.2) is 4.98 Å². The van der Waals surface area contributed by atoms with Gasteiger partial charge in [0.05, 0.1) is 28.1 Å². The molecule has 0 spiro atoms. The second kappa shape index (κ2) is 12.3. The maximum absolute atomic E-state index is 6.25. The van der Waals surface area contributed by atoms with Crippen molar-refractivity contribution in [2.45, 2.75) is 20.8 Å². The SMILES string of the molecule is Cc1cc2nc(-c3[c-]ccc4c3oc3nc(C)ccc34)n(-c3ccccc3)c2c(C)n1.[Ir].[c-]1ccccc1-c1ccccn1. The Morgan fingerprint density at radius 1 is 0.705 bits per heavy atom. The molecule has 1 radical (unpaired) electrons. The molecular formula is C37H27IrN5O-2. The zero-order valence-corrected chi connectivity index (χ0v) is 26.8. The third-order valence-corrected chi connectivity index (χ3v) is 7.26. The van der Waals surface area contributed by atoms with Crippen LogP contribution in [0, 0.1) is 32.9 Å². The minimum Gasteiger partial charge on any atom is -0.486 e. The number of benzene rings is 3. The van der Waals surface area contributed by atoms with Crippen LogP contribution in [0.3, 0.4) is 0 Å². The van der Waals surface area contributed by atoms with Crippen molar-refractivity contribution in [1.29, 1.82) is 0 Å². The molecular weight excluding hydrogens is 723 g/mol. The van der Waals surface area contributed by atoms with Crippen LogP contribution in [0.4, 0.5) is 0 Å². The van der Waals surface area contributed by atoms with Gasteiger partial charge in [-0.15, -0.1) is 54.1 Å². The maximum atomic E-state index is 6.25. The zero-order valence-electron chi connectivity index (χ0n) is 24.4. The number of furan rings is 1. The third kappa shape index (κ3) is 5.44. The van der Waals surface area contributed by atoms with E-state index in [-0.39, 0.29) is 20.1 Å². The fourth-order valence-corrected chi connectivity index (χ4v) is 5.38. The number of fused-ring (bicyclic) bond motifs is 4. The van der Waals surface area contributed by atoms with Crippen molar-refractivity contribution in [3.63, 3.8) is 0 Å². The molecule has 0 aliphatic heterocycles. The largest absolute Gasteiger partial charge is 0.486 e. The molecule has 44 heavy (non-hydrogen) atoms. The van der Waals surface area contributed by atoms with Crippen LogP contribution in [0.1, 0.15) is 17.1 Å². The Balaban J connectivity index is 0.000000222. The van der Waals surface area contributed by atoms with E-state index in [0.29, 0.717) is 5.71 Å². The summed E-state index contributed by atoms with van der Waals surface area (Å²) in [5.74, 6) is 0.776. The van der Waals surface area contributed by atoms with Crippen molar-refractivity contribution in [3.8, 4) is 28.3 Å². The van der Waals surface area contributed by atoms with E-state index in [2.05, 4.69) is 44.9 Å². The molecule has 0 atom stereocenters. The predicted molar refractivity (Wildman–Crippen MR) is 171 cm³/mol. The van der Waals surface area contributed by atoms with Gasteiger partial charge in [0.2, 0.25) is 5.71 Å². The summed E-state index contributed by atoms with van der Waals surface area (Å²) in [7, 11) is 0. The number of imidazole rings is 1. The topological polar surface area (TPSA) is 69.6 Å². The number of aryl methyl sites for hydroxylation is 3. The molecule has 3 aromatic carbocycles. The van der Waals surface area contributed by atoms with Gasteiger partial charge in [-0.05, 0) is 62.9 Å². The zero-order chi connectivity index (χ0) is 29.3. The molecule has 0 aliphatic rings. The fraction of sp³-hybridized carbons (Fsp3) is 0.0811. The summed E-state index contributed by atoms with van der Waals surface area (Å²) in [4.78, 5) is 18.5. The Hall–Kier alpha value is -4.97. The Bertz CT molecular complexity index is 2170. The van der Waals surface area contributed by atoms with Crippen molar-refractivity contribution < 1.29 is 24.5 Å². The Morgan fingerprint density at radius 3 is 2.30 bits per heavy atom. The first kappa shape index (κ1) is 29.1. The molecule has 0 fully saturated rings. The van der Waals surface area contributed by atoms with Crippen LogP contribution in [0.5, 0.6) is 0 Å². The van der Waals surface area contributed by atoms with Gasteiger partial charge in [0.25, 0.3) is 0 Å². The summed E-state index contributed by atoms with van der Waals surface area (Å²) in [6, 6.07) is 40.5. The average Bonchev–Trinajstić information content (AvgIpc) is 3.61. The second-order valence-corrected chi connectivity index (χ2v) is 10.3. The first-order valence-electron chi connectivity index (χ1n) is 14.1. The first-order chi connectivity index (χ1) is 21.1. The molecule has 0 saturated heterocycles. The van der Waals surface area contributed by atoms with Crippen LogP contribution in [0.25, 0.3) is 61.4 Å². The van der Waals surface area contributed by atoms with Crippen molar-refractivity contribution in [3.05, 3.63) is 139 Å². The van der Waals surface area contributed by atoms with Crippen LogP contribution in [-0.4, -0.2) is 24.5 Å². The third-order valence-electron chi connectivity index (χ3n) is 7.26. The minimum atomic E-state index is 0. The normalized spacial score (nSPS) is 10.9. The smallest absolute Gasteiger partial charge is 0.216 e. The summed E-state index contributed by atoms with van der Waals surface area (Å²) < 4.78 is 8.40. The fourth-order valence-electron chi connectivity index (χ4n) is 5.38. The number of para-hydroxylation sites is 1. The Labute approximate surface area is 268 Å². The van der Waals surface area contributed by atoms with E-state index < -0.39 is 0 Å². The summed E-state index contributed by atoms with van der Waals surface area (Å²) in [6.45, 7) is 5.98. The molecule has 8 aromatic rings. The van der Waals surface area contributed by atoms with Crippen LogP contribution in [0.2, 0.25) is 0 Å². The van der Waals surface area contributed by atoms with E-state index in [1.54, 1.807) is 6.20 Å². The molecule has 6 nitrogen and oxygen atoms in total. The molecule has 7 heteroatoms. The quantitative estimate of drug-likeness (QED) is 0.169. The van der Waals surface area contributed by atoms with Gasteiger partial charge in [-0.1, -0.05) is 41.3 Å². The van der Waals surface area contributed by atoms with Gasteiger partial charge in [0.15, 0.2) is 0 Å². The number of hydrogen-bond donors (Lipinski definition) is 0. The van der Waals surface area contributed by atoms with E-state index >= 15 is 0 Å². The summed E-state index contributed by atoms with van der Waals surface area (Å²) in [6.07, 6.45) is 1.79. The number of aromatic nitrogens is 5. The van der Waals surface area contributed by atoms with Gasteiger partial charge < -0.3 is 14.0 Å². The van der Waals surface area contributed by atoms with E-state index in [0.717, 1.165) is 72.8 Å². The van der Waals surface area contributed by atoms with Crippen LogP contribution in [0.15, 0.2) is 114 Å². The molecule has 0 saturated carbocycles. The molecule has 0 N–H and O–H groups in total. The van der Waals surface area contributed by atoms with Gasteiger partial charge in [0, 0.05) is 48.8 Å². The number of nitrogens with zero attached hydrogens (tertiary/aromatic N) is 5. The predicted octanol–water partition coefficient (Wildman–Crippen LogP) is 8.65. The van der Waals surface area contributed by atoms with E-state index in [1.807, 2.05) is 106 Å². The van der Waals surface area contributed by atoms with Crippen molar-refractivity contribution in [2.75, 3.05) is 0 Å². The molecule has 0 unspecified atom stereocenters. The molecule has 0 amide bonds. The Morgan fingerprint density at radius 2 is 1.52 bits per heavy atom. The molecule has 8 rings (SSSR count). The average molecular weight is 750 g/mol. The van der Waals surface area contributed by atoms with E-state index in [9.17, 15) is 0 Å². The van der Waals surface area contributed by atoms with Gasteiger partial charge in [-0.2, -0.15) is 0 Å². The molecule has 5 aromatic heterocycles. The number of rotatable bonds is 3. The first-order valence-corrected chi connectivity index (χ1v) is 14.1. The van der Waals surface area contributed by atoms with E-state index in [1.165, 1.54) is 0 Å². The molecule has 217 valence electrons. The van der Waals surface area contributed by atoms with Gasteiger partial charge >= 0.3 is 0 Å². The molecule has 0 bridgehead atoms. The van der Waals surface area contributed by atoms with Gasteiger partial charge in [-0.3, -0.25) is 9.97 Å². The number of pyridine rings is 3. The molecule has 0 aliphatic carbocycles. The van der Waals surface area contributed by atoms with Crippen LogP contribution < -0.4 is 0 Å².